The standard InChI is InChI=1S/C27H25NO/c29-25-18-17-20-10-7-8-15-23(20)26(25)27(22-13-5-2-6-14-22)28-19-9-16-24(28)21-11-3-1-4-12-21/h1-8,10-15,17-18,24,27,29H,9,16,19H2/t24-,27-/m0/s1. The van der Waals surface area contributed by atoms with Crippen molar-refractivity contribution in [3.8, 4) is 5.75 Å². The van der Waals surface area contributed by atoms with Crippen molar-refractivity contribution < 1.29 is 5.11 Å². The molecule has 2 heteroatoms. The first-order valence-corrected chi connectivity index (χ1v) is 10.4. The van der Waals surface area contributed by atoms with E-state index in [2.05, 4.69) is 89.8 Å². The van der Waals surface area contributed by atoms with Crippen LogP contribution in [0, 0.1) is 0 Å². The summed E-state index contributed by atoms with van der Waals surface area (Å²) in [6.07, 6.45) is 2.30. The van der Waals surface area contributed by atoms with Gasteiger partial charge in [0.05, 0.1) is 6.04 Å². The third-order valence-corrected chi connectivity index (χ3v) is 6.15. The monoisotopic (exact) mass is 379 g/mol. The van der Waals surface area contributed by atoms with Gasteiger partial charge in [0.15, 0.2) is 0 Å². The zero-order valence-corrected chi connectivity index (χ0v) is 16.4. The minimum Gasteiger partial charge on any atom is -0.508 e. The molecule has 4 aromatic carbocycles. The molecular weight excluding hydrogens is 354 g/mol. The van der Waals surface area contributed by atoms with Crippen molar-refractivity contribution in [1.82, 2.24) is 4.90 Å². The van der Waals surface area contributed by atoms with E-state index in [9.17, 15) is 5.11 Å². The molecule has 2 atom stereocenters. The third kappa shape index (κ3) is 3.30. The van der Waals surface area contributed by atoms with E-state index < -0.39 is 0 Å². The fourth-order valence-electron chi connectivity index (χ4n) is 4.86. The van der Waals surface area contributed by atoms with Crippen LogP contribution in [0.25, 0.3) is 10.8 Å². The molecule has 0 aliphatic carbocycles. The van der Waals surface area contributed by atoms with Gasteiger partial charge in [-0.05, 0) is 47.4 Å². The summed E-state index contributed by atoms with van der Waals surface area (Å²) in [6.45, 7) is 1.02. The molecule has 1 fully saturated rings. The van der Waals surface area contributed by atoms with Gasteiger partial charge in [0, 0.05) is 11.6 Å². The average molecular weight is 380 g/mol. The summed E-state index contributed by atoms with van der Waals surface area (Å²) in [5.41, 5.74) is 3.59. The summed E-state index contributed by atoms with van der Waals surface area (Å²) >= 11 is 0. The van der Waals surface area contributed by atoms with Gasteiger partial charge >= 0.3 is 0 Å². The van der Waals surface area contributed by atoms with Gasteiger partial charge in [-0.1, -0.05) is 91.0 Å². The maximum absolute atomic E-state index is 11.0. The van der Waals surface area contributed by atoms with E-state index in [1.165, 1.54) is 11.1 Å². The van der Waals surface area contributed by atoms with Crippen LogP contribution in [0.3, 0.4) is 0 Å². The molecule has 1 aliphatic heterocycles. The topological polar surface area (TPSA) is 23.5 Å². The number of benzene rings is 4. The highest BCUT2D eigenvalue weighted by molar-refractivity contribution is 5.88. The molecule has 29 heavy (non-hydrogen) atoms. The molecule has 0 unspecified atom stereocenters. The van der Waals surface area contributed by atoms with Crippen LogP contribution in [0.2, 0.25) is 0 Å². The molecule has 0 aromatic heterocycles. The number of fused-ring (bicyclic) bond motifs is 1. The first-order chi connectivity index (χ1) is 14.3. The quantitative estimate of drug-likeness (QED) is 0.439. The van der Waals surface area contributed by atoms with E-state index in [1.807, 2.05) is 12.1 Å². The zero-order valence-electron chi connectivity index (χ0n) is 16.4. The normalized spacial score (nSPS) is 18.1. The van der Waals surface area contributed by atoms with Gasteiger partial charge in [-0.3, -0.25) is 4.90 Å². The van der Waals surface area contributed by atoms with E-state index >= 15 is 0 Å². The Labute approximate surface area is 172 Å². The Bertz CT molecular complexity index is 1110. The van der Waals surface area contributed by atoms with Crippen LogP contribution in [0.5, 0.6) is 5.75 Å². The minimum atomic E-state index is 0.00926. The number of aromatic hydroxyl groups is 1. The molecule has 5 rings (SSSR count). The molecule has 1 heterocycles. The van der Waals surface area contributed by atoms with Crippen LogP contribution >= 0.6 is 0 Å². The fourth-order valence-corrected chi connectivity index (χ4v) is 4.86. The molecule has 1 aliphatic rings. The lowest BCUT2D eigenvalue weighted by Crippen LogP contribution is -2.29. The van der Waals surface area contributed by atoms with Crippen LogP contribution in [0.4, 0.5) is 0 Å². The van der Waals surface area contributed by atoms with Gasteiger partial charge in [0.1, 0.15) is 5.75 Å². The number of rotatable bonds is 4. The highest BCUT2D eigenvalue weighted by Gasteiger charge is 2.35. The second-order valence-corrected chi connectivity index (χ2v) is 7.84. The van der Waals surface area contributed by atoms with Crippen molar-refractivity contribution in [1.29, 1.82) is 0 Å². The molecule has 2 nitrogen and oxygen atoms in total. The molecule has 4 aromatic rings. The Morgan fingerprint density at radius 1 is 0.759 bits per heavy atom. The molecule has 0 saturated carbocycles. The van der Waals surface area contributed by atoms with Gasteiger partial charge in [-0.15, -0.1) is 0 Å². The van der Waals surface area contributed by atoms with Gasteiger partial charge in [-0.25, -0.2) is 0 Å². The largest absolute Gasteiger partial charge is 0.508 e. The number of phenols is 1. The van der Waals surface area contributed by atoms with Crippen molar-refractivity contribution in [2.75, 3.05) is 6.54 Å². The molecule has 144 valence electrons. The second kappa shape index (κ2) is 7.73. The highest BCUT2D eigenvalue weighted by Crippen LogP contribution is 2.46. The smallest absolute Gasteiger partial charge is 0.121 e. The Morgan fingerprint density at radius 3 is 2.24 bits per heavy atom. The number of phenolic OH excluding ortho intramolecular Hbond substituents is 1. The van der Waals surface area contributed by atoms with Gasteiger partial charge in [0.2, 0.25) is 0 Å². The fraction of sp³-hybridized carbons (Fsp3) is 0.185. The second-order valence-electron chi connectivity index (χ2n) is 7.84. The van der Waals surface area contributed by atoms with Crippen molar-refractivity contribution >= 4 is 10.8 Å². The van der Waals surface area contributed by atoms with Crippen molar-refractivity contribution in [3.63, 3.8) is 0 Å². The maximum atomic E-state index is 11.0. The number of nitrogens with zero attached hydrogens (tertiary/aromatic N) is 1. The summed E-state index contributed by atoms with van der Waals surface area (Å²) in [6, 6.07) is 34.0. The highest BCUT2D eigenvalue weighted by atomic mass is 16.3. The Kier molecular flexibility index (Phi) is 4.79. The lowest BCUT2D eigenvalue weighted by molar-refractivity contribution is 0.206. The molecule has 0 amide bonds. The van der Waals surface area contributed by atoms with Crippen molar-refractivity contribution in [3.05, 3.63) is 114 Å². The van der Waals surface area contributed by atoms with Gasteiger partial charge < -0.3 is 5.11 Å². The van der Waals surface area contributed by atoms with E-state index in [0.29, 0.717) is 11.8 Å². The molecule has 1 N–H and O–H groups in total. The lowest BCUT2D eigenvalue weighted by atomic mass is 9.90. The molecule has 0 bridgehead atoms. The lowest BCUT2D eigenvalue weighted by Gasteiger charge is -2.35. The predicted molar refractivity (Wildman–Crippen MR) is 119 cm³/mol. The zero-order chi connectivity index (χ0) is 19.6. The van der Waals surface area contributed by atoms with Crippen molar-refractivity contribution in [2.24, 2.45) is 0 Å². The van der Waals surface area contributed by atoms with Crippen LogP contribution in [0.15, 0.2) is 97.1 Å². The maximum Gasteiger partial charge on any atom is 0.121 e. The van der Waals surface area contributed by atoms with Crippen LogP contribution in [0.1, 0.15) is 41.6 Å². The summed E-state index contributed by atoms with van der Waals surface area (Å²) in [7, 11) is 0. The molecular formula is C27H25NO. The van der Waals surface area contributed by atoms with E-state index in [0.717, 1.165) is 35.7 Å². The average Bonchev–Trinajstić information content (AvgIpc) is 3.26. The first kappa shape index (κ1) is 18.0. The Hall–Kier alpha value is -3.10. The van der Waals surface area contributed by atoms with Gasteiger partial charge in [0.25, 0.3) is 0 Å². The van der Waals surface area contributed by atoms with Gasteiger partial charge in [-0.2, -0.15) is 0 Å². The van der Waals surface area contributed by atoms with Crippen LogP contribution in [-0.2, 0) is 0 Å². The number of likely N-dealkylation sites (tertiary alicyclic amines) is 1. The molecule has 1 saturated heterocycles. The van der Waals surface area contributed by atoms with E-state index in [1.54, 1.807) is 0 Å². The van der Waals surface area contributed by atoms with E-state index in [4.69, 9.17) is 0 Å². The SMILES string of the molecule is Oc1ccc2ccccc2c1[C@H](c1ccccc1)N1CCC[C@H]1c1ccccc1. The summed E-state index contributed by atoms with van der Waals surface area (Å²) in [5.74, 6) is 0.372. The number of hydrogen-bond donors (Lipinski definition) is 1. The Morgan fingerprint density at radius 2 is 1.45 bits per heavy atom. The summed E-state index contributed by atoms with van der Waals surface area (Å²) in [5, 5.41) is 13.3. The van der Waals surface area contributed by atoms with E-state index in [-0.39, 0.29) is 6.04 Å². The molecule has 0 spiro atoms. The van der Waals surface area contributed by atoms with Crippen molar-refractivity contribution in [2.45, 2.75) is 24.9 Å². The number of hydrogen-bond acceptors (Lipinski definition) is 2. The summed E-state index contributed by atoms with van der Waals surface area (Å²) in [4.78, 5) is 2.58. The Balaban J connectivity index is 1.71. The third-order valence-electron chi connectivity index (χ3n) is 6.15. The molecule has 0 radical (unpaired) electrons. The summed E-state index contributed by atoms with van der Waals surface area (Å²) < 4.78 is 0. The van der Waals surface area contributed by atoms with Crippen LogP contribution in [-0.4, -0.2) is 16.6 Å². The minimum absolute atomic E-state index is 0.00926. The first-order valence-electron chi connectivity index (χ1n) is 10.4. The predicted octanol–water partition coefficient (Wildman–Crippen LogP) is 6.47. The van der Waals surface area contributed by atoms with Crippen LogP contribution < -0.4 is 0 Å².